The lowest BCUT2D eigenvalue weighted by atomic mass is 9.93. The molecule has 25 heavy (non-hydrogen) atoms. The van der Waals surface area contributed by atoms with E-state index in [2.05, 4.69) is 57.3 Å². The van der Waals surface area contributed by atoms with Gasteiger partial charge in [0.2, 0.25) is 5.91 Å². The summed E-state index contributed by atoms with van der Waals surface area (Å²) < 4.78 is 0. The lowest BCUT2D eigenvalue weighted by molar-refractivity contribution is 0.0924. The number of carbonyl (C=O) groups is 2. The molecule has 1 atom stereocenters. The minimum absolute atomic E-state index is 0.0791. The van der Waals surface area contributed by atoms with Crippen LogP contribution in [-0.4, -0.2) is 11.8 Å². The second-order valence-electron chi connectivity index (χ2n) is 6.96. The second kappa shape index (κ2) is 7.97. The zero-order valence-corrected chi connectivity index (χ0v) is 15.2. The minimum Gasteiger partial charge on any atom is -0.366 e. The maximum Gasteiger partial charge on any atom is 0.251 e. The van der Waals surface area contributed by atoms with E-state index in [0.717, 1.165) is 5.56 Å². The zero-order chi connectivity index (χ0) is 18.6. The topological polar surface area (TPSA) is 72.2 Å². The zero-order valence-electron chi connectivity index (χ0n) is 15.2. The number of rotatable bonds is 6. The molecule has 0 aliphatic rings. The third kappa shape index (κ3) is 4.69. The van der Waals surface area contributed by atoms with Gasteiger partial charge in [-0.25, -0.2) is 0 Å². The average molecular weight is 338 g/mol. The quantitative estimate of drug-likeness (QED) is 0.834. The van der Waals surface area contributed by atoms with Crippen molar-refractivity contribution < 1.29 is 9.59 Å². The Bertz CT molecular complexity index is 731. The van der Waals surface area contributed by atoms with Gasteiger partial charge in [-0.3, -0.25) is 9.59 Å². The fraction of sp³-hybridized carbons (Fsp3) is 0.333. The summed E-state index contributed by atoms with van der Waals surface area (Å²) in [5, 5.41) is 3.09. The Morgan fingerprint density at radius 3 is 1.72 bits per heavy atom. The number of carbonyl (C=O) groups excluding carboxylic acids is 2. The molecule has 2 rings (SSSR count). The number of primary amides is 1. The Hall–Kier alpha value is -2.62. The molecule has 0 saturated heterocycles. The molecule has 1 unspecified atom stereocenters. The molecular weight excluding hydrogens is 312 g/mol. The molecular formula is C21H26N2O2. The van der Waals surface area contributed by atoms with Crippen LogP contribution in [0.3, 0.4) is 0 Å². The van der Waals surface area contributed by atoms with Gasteiger partial charge in [0.05, 0.1) is 6.04 Å². The lowest BCUT2D eigenvalue weighted by Gasteiger charge is -2.23. The van der Waals surface area contributed by atoms with Gasteiger partial charge in [-0.2, -0.15) is 0 Å². The maximum atomic E-state index is 12.6. The number of nitrogens with one attached hydrogen (secondary N) is 1. The van der Waals surface area contributed by atoms with E-state index in [0.29, 0.717) is 17.0 Å². The van der Waals surface area contributed by atoms with Crippen LogP contribution in [0.2, 0.25) is 0 Å². The highest BCUT2D eigenvalue weighted by Gasteiger charge is 2.19. The fourth-order valence-electron chi connectivity index (χ4n) is 2.73. The Morgan fingerprint density at radius 1 is 0.800 bits per heavy atom. The number of amides is 2. The third-order valence-electron chi connectivity index (χ3n) is 4.35. The van der Waals surface area contributed by atoms with Gasteiger partial charge < -0.3 is 11.1 Å². The minimum atomic E-state index is -0.503. The van der Waals surface area contributed by atoms with E-state index in [1.54, 1.807) is 24.3 Å². The van der Waals surface area contributed by atoms with Crippen LogP contribution in [0.1, 0.15) is 71.5 Å². The second-order valence-corrected chi connectivity index (χ2v) is 6.96. The van der Waals surface area contributed by atoms with E-state index in [4.69, 9.17) is 5.73 Å². The highest BCUT2D eigenvalue weighted by atomic mass is 16.2. The molecule has 0 fully saturated rings. The van der Waals surface area contributed by atoms with Crippen molar-refractivity contribution in [3.8, 4) is 0 Å². The predicted octanol–water partition coefficient (Wildman–Crippen LogP) is 4.04. The van der Waals surface area contributed by atoms with Crippen molar-refractivity contribution >= 4 is 11.8 Å². The standard InChI is InChI=1S/C21H26N2O2/c1-13(2)15-5-7-16(8-6-15)19(14(3)4)23-21(25)18-11-9-17(10-12-18)20(22)24/h5-14,19H,1-4H3,(H2,22,24)(H,23,25). The molecule has 0 heterocycles. The van der Waals surface area contributed by atoms with E-state index in [1.165, 1.54) is 5.56 Å². The molecule has 2 amide bonds. The highest BCUT2D eigenvalue weighted by molar-refractivity contribution is 5.97. The molecule has 4 heteroatoms. The average Bonchev–Trinajstić information content (AvgIpc) is 2.59. The Labute approximate surface area is 149 Å². The monoisotopic (exact) mass is 338 g/mol. The maximum absolute atomic E-state index is 12.6. The number of benzene rings is 2. The largest absolute Gasteiger partial charge is 0.366 e. The highest BCUT2D eigenvalue weighted by Crippen LogP contribution is 2.24. The van der Waals surface area contributed by atoms with E-state index >= 15 is 0 Å². The van der Waals surface area contributed by atoms with Crippen LogP contribution in [0.15, 0.2) is 48.5 Å². The molecule has 0 spiro atoms. The summed E-state index contributed by atoms with van der Waals surface area (Å²) in [6.45, 7) is 8.48. The van der Waals surface area contributed by atoms with Crippen LogP contribution in [0.4, 0.5) is 0 Å². The van der Waals surface area contributed by atoms with Crippen molar-refractivity contribution in [3.63, 3.8) is 0 Å². The van der Waals surface area contributed by atoms with E-state index < -0.39 is 5.91 Å². The molecule has 0 bridgehead atoms. The number of hydrogen-bond acceptors (Lipinski definition) is 2. The SMILES string of the molecule is CC(C)c1ccc(C(NC(=O)c2ccc(C(N)=O)cc2)C(C)C)cc1. The first-order valence-electron chi connectivity index (χ1n) is 8.60. The summed E-state index contributed by atoms with van der Waals surface area (Å²) in [4.78, 5) is 23.7. The van der Waals surface area contributed by atoms with Gasteiger partial charge in [-0.05, 0) is 47.2 Å². The summed E-state index contributed by atoms with van der Waals surface area (Å²) in [7, 11) is 0. The molecule has 3 N–H and O–H groups in total. The van der Waals surface area contributed by atoms with Crippen LogP contribution in [0.5, 0.6) is 0 Å². The summed E-state index contributed by atoms with van der Waals surface area (Å²) in [5.74, 6) is 0.0589. The molecule has 132 valence electrons. The first kappa shape index (κ1) is 18.7. The summed E-state index contributed by atoms with van der Waals surface area (Å²) in [6, 6.07) is 14.7. The molecule has 4 nitrogen and oxygen atoms in total. The summed E-state index contributed by atoms with van der Waals surface area (Å²) in [6.07, 6.45) is 0. The molecule has 2 aromatic rings. The van der Waals surface area contributed by atoms with Gasteiger partial charge in [0.15, 0.2) is 0 Å². The van der Waals surface area contributed by atoms with Crippen LogP contribution in [-0.2, 0) is 0 Å². The van der Waals surface area contributed by atoms with Gasteiger partial charge in [-0.1, -0.05) is 52.0 Å². The van der Waals surface area contributed by atoms with E-state index in [9.17, 15) is 9.59 Å². The van der Waals surface area contributed by atoms with Crippen LogP contribution >= 0.6 is 0 Å². The number of nitrogens with two attached hydrogens (primary N) is 1. The van der Waals surface area contributed by atoms with Crippen LogP contribution < -0.4 is 11.1 Å². The first-order chi connectivity index (χ1) is 11.8. The van der Waals surface area contributed by atoms with Crippen molar-refractivity contribution in [1.82, 2.24) is 5.32 Å². The first-order valence-corrected chi connectivity index (χ1v) is 8.60. The van der Waals surface area contributed by atoms with Crippen LogP contribution in [0, 0.1) is 5.92 Å². The van der Waals surface area contributed by atoms with Crippen molar-refractivity contribution in [1.29, 1.82) is 0 Å². The lowest BCUT2D eigenvalue weighted by Crippen LogP contribution is -2.31. The molecule has 0 aliphatic carbocycles. The molecule has 0 aliphatic heterocycles. The van der Waals surface area contributed by atoms with E-state index in [1.807, 2.05) is 0 Å². The fourth-order valence-corrected chi connectivity index (χ4v) is 2.73. The van der Waals surface area contributed by atoms with Gasteiger partial charge in [0, 0.05) is 11.1 Å². The molecule has 0 radical (unpaired) electrons. The van der Waals surface area contributed by atoms with Crippen molar-refractivity contribution in [2.24, 2.45) is 11.7 Å². The van der Waals surface area contributed by atoms with Crippen molar-refractivity contribution in [2.75, 3.05) is 0 Å². The van der Waals surface area contributed by atoms with Gasteiger partial charge in [-0.15, -0.1) is 0 Å². The normalized spacial score (nSPS) is 12.2. The van der Waals surface area contributed by atoms with Crippen LogP contribution in [0.25, 0.3) is 0 Å². The van der Waals surface area contributed by atoms with Crippen molar-refractivity contribution in [2.45, 2.75) is 39.7 Å². The Kier molecular flexibility index (Phi) is 5.97. The molecule has 0 saturated carbocycles. The summed E-state index contributed by atoms with van der Waals surface area (Å²) in [5.41, 5.74) is 8.49. The predicted molar refractivity (Wildman–Crippen MR) is 101 cm³/mol. The smallest absolute Gasteiger partial charge is 0.251 e. The van der Waals surface area contributed by atoms with Gasteiger partial charge in [0.1, 0.15) is 0 Å². The van der Waals surface area contributed by atoms with Gasteiger partial charge >= 0.3 is 0 Å². The van der Waals surface area contributed by atoms with Gasteiger partial charge in [0.25, 0.3) is 5.91 Å². The van der Waals surface area contributed by atoms with E-state index in [-0.39, 0.29) is 17.9 Å². The Balaban J connectivity index is 2.17. The Morgan fingerprint density at radius 2 is 1.28 bits per heavy atom. The molecule has 0 aromatic heterocycles. The third-order valence-corrected chi connectivity index (χ3v) is 4.35. The van der Waals surface area contributed by atoms with Crippen molar-refractivity contribution in [3.05, 3.63) is 70.8 Å². The summed E-state index contributed by atoms with van der Waals surface area (Å²) >= 11 is 0. The number of hydrogen-bond donors (Lipinski definition) is 2. The molecule has 2 aromatic carbocycles.